The molecule has 5 nitrogen and oxygen atoms in total. The molecule has 1 aliphatic heterocycles. The maximum absolute atomic E-state index is 6.69. The second-order valence-electron chi connectivity index (χ2n) is 8.46. The first kappa shape index (κ1) is 26.8. The van der Waals surface area contributed by atoms with Crippen molar-refractivity contribution in [3.63, 3.8) is 0 Å². The van der Waals surface area contributed by atoms with Gasteiger partial charge in [-0.05, 0) is 43.0 Å². The lowest BCUT2D eigenvalue weighted by atomic mass is 9.95. The summed E-state index contributed by atoms with van der Waals surface area (Å²) in [6.07, 6.45) is 1.22. The molecule has 11 heteroatoms. The van der Waals surface area contributed by atoms with E-state index in [0.29, 0.717) is 38.1 Å². The Labute approximate surface area is 243 Å². The highest BCUT2D eigenvalue weighted by atomic mass is 35.5. The quantitative estimate of drug-likeness (QED) is 0.227. The van der Waals surface area contributed by atoms with Crippen LogP contribution in [0.4, 0.5) is 5.13 Å². The third-order valence-corrected chi connectivity index (χ3v) is 9.99. The Bertz CT molecular complexity index is 1460. The molecule has 0 saturated carbocycles. The van der Waals surface area contributed by atoms with Crippen LogP contribution in [0.25, 0.3) is 0 Å². The van der Waals surface area contributed by atoms with E-state index in [1.165, 1.54) is 11.3 Å². The van der Waals surface area contributed by atoms with Crippen molar-refractivity contribution in [2.24, 2.45) is 10.8 Å². The highest BCUT2D eigenvalue weighted by molar-refractivity contribution is 8.15. The van der Waals surface area contributed by atoms with Crippen molar-refractivity contribution >= 4 is 79.7 Å². The van der Waals surface area contributed by atoms with Gasteiger partial charge in [-0.25, -0.2) is 5.01 Å². The number of rotatable bonds is 7. The van der Waals surface area contributed by atoms with Gasteiger partial charge >= 0.3 is 0 Å². The highest BCUT2D eigenvalue weighted by Gasteiger charge is 2.48. The van der Waals surface area contributed by atoms with Gasteiger partial charge in [0.2, 0.25) is 5.13 Å². The SMILES string of the molecule is Cc1nnc(N2N=C(c3cccc(Cl)c3Cl)SC2(CCC(N)c2cccc(Cl)c2Cl)c2ccccc2)s1. The van der Waals surface area contributed by atoms with Crippen molar-refractivity contribution in [2.45, 2.75) is 30.7 Å². The van der Waals surface area contributed by atoms with Crippen molar-refractivity contribution in [2.75, 3.05) is 5.01 Å². The van der Waals surface area contributed by atoms with Crippen LogP contribution in [0, 0.1) is 6.92 Å². The van der Waals surface area contributed by atoms with E-state index in [0.717, 1.165) is 26.7 Å². The first-order valence-corrected chi connectivity index (χ1v) is 14.5. The molecule has 0 spiro atoms. The zero-order valence-corrected chi connectivity index (χ0v) is 24.2. The van der Waals surface area contributed by atoms with E-state index in [9.17, 15) is 0 Å². The Kier molecular flexibility index (Phi) is 8.03. The monoisotopic (exact) mass is 607 g/mol. The molecule has 1 aliphatic rings. The molecule has 0 aliphatic carbocycles. The summed E-state index contributed by atoms with van der Waals surface area (Å²) in [5.41, 5.74) is 9.29. The zero-order chi connectivity index (χ0) is 26.2. The maximum Gasteiger partial charge on any atom is 0.230 e. The topological polar surface area (TPSA) is 67.4 Å². The number of benzene rings is 3. The minimum absolute atomic E-state index is 0.343. The molecule has 2 unspecified atom stereocenters. The summed E-state index contributed by atoms with van der Waals surface area (Å²) in [5.74, 6) is 0. The Morgan fingerprint density at radius 1 is 0.892 bits per heavy atom. The smallest absolute Gasteiger partial charge is 0.230 e. The summed E-state index contributed by atoms with van der Waals surface area (Å²) in [7, 11) is 0. The molecule has 0 bridgehead atoms. The van der Waals surface area contributed by atoms with Gasteiger partial charge in [-0.2, -0.15) is 5.10 Å². The summed E-state index contributed by atoms with van der Waals surface area (Å²) in [6.45, 7) is 1.92. The van der Waals surface area contributed by atoms with Gasteiger partial charge in [0.15, 0.2) is 0 Å². The number of thioether (sulfide) groups is 1. The van der Waals surface area contributed by atoms with Crippen molar-refractivity contribution in [1.82, 2.24) is 10.2 Å². The van der Waals surface area contributed by atoms with Gasteiger partial charge in [-0.1, -0.05) is 124 Å². The summed E-state index contributed by atoms with van der Waals surface area (Å²) in [4.78, 5) is -0.670. The van der Waals surface area contributed by atoms with Crippen LogP contribution >= 0.6 is 69.5 Å². The molecule has 190 valence electrons. The van der Waals surface area contributed by atoms with Gasteiger partial charge in [0.1, 0.15) is 14.9 Å². The van der Waals surface area contributed by atoms with Gasteiger partial charge in [0.25, 0.3) is 0 Å². The average molecular weight is 609 g/mol. The van der Waals surface area contributed by atoms with Crippen molar-refractivity contribution in [1.29, 1.82) is 0 Å². The normalized spacial score (nSPS) is 18.2. The van der Waals surface area contributed by atoms with Crippen LogP contribution in [0.15, 0.2) is 71.8 Å². The predicted molar refractivity (Wildman–Crippen MR) is 158 cm³/mol. The van der Waals surface area contributed by atoms with Crippen LogP contribution in [-0.2, 0) is 4.87 Å². The second kappa shape index (κ2) is 11.1. The molecule has 0 saturated heterocycles. The van der Waals surface area contributed by atoms with Crippen LogP contribution in [0.2, 0.25) is 20.1 Å². The molecular weight excluding hydrogens is 588 g/mol. The van der Waals surface area contributed by atoms with E-state index in [4.69, 9.17) is 57.2 Å². The Morgan fingerprint density at radius 2 is 1.59 bits per heavy atom. The van der Waals surface area contributed by atoms with Gasteiger partial charge in [0.05, 0.1) is 20.1 Å². The third kappa shape index (κ3) is 5.23. The van der Waals surface area contributed by atoms with E-state index in [-0.39, 0.29) is 6.04 Å². The number of hydrogen-bond acceptors (Lipinski definition) is 7. The summed E-state index contributed by atoms with van der Waals surface area (Å²) in [6, 6.07) is 20.9. The number of hydrogen-bond donors (Lipinski definition) is 1. The summed E-state index contributed by atoms with van der Waals surface area (Å²) in [5, 5.41) is 19.8. The first-order chi connectivity index (χ1) is 17.8. The molecule has 37 heavy (non-hydrogen) atoms. The number of hydrazone groups is 1. The number of nitrogens with two attached hydrogens (primary N) is 1. The minimum atomic E-state index is -0.670. The average Bonchev–Trinajstić information content (AvgIpc) is 3.50. The molecule has 0 amide bonds. The lowest BCUT2D eigenvalue weighted by molar-refractivity contribution is 0.485. The Morgan fingerprint density at radius 3 is 2.30 bits per heavy atom. The van der Waals surface area contributed by atoms with Crippen molar-refractivity contribution in [3.8, 4) is 0 Å². The number of nitrogens with zero attached hydrogens (tertiary/aromatic N) is 4. The second-order valence-corrected chi connectivity index (χ2v) is 12.5. The van der Waals surface area contributed by atoms with Gasteiger partial charge in [-0.3, -0.25) is 0 Å². The van der Waals surface area contributed by atoms with Crippen LogP contribution in [0.1, 0.15) is 40.6 Å². The van der Waals surface area contributed by atoms with Crippen LogP contribution in [0.3, 0.4) is 0 Å². The fourth-order valence-corrected chi connectivity index (χ4v) is 7.31. The number of anilines is 1. The van der Waals surface area contributed by atoms with E-state index in [1.54, 1.807) is 23.9 Å². The Hall–Kier alpha value is -1.84. The number of halogens is 4. The molecule has 2 atom stereocenters. The fourth-order valence-electron chi connectivity index (χ4n) is 4.24. The van der Waals surface area contributed by atoms with Crippen LogP contribution < -0.4 is 10.7 Å². The fraction of sp³-hybridized carbons (Fsp3) is 0.192. The molecule has 4 aromatic rings. The molecule has 0 radical (unpaired) electrons. The highest BCUT2D eigenvalue weighted by Crippen LogP contribution is 2.54. The minimum Gasteiger partial charge on any atom is -0.324 e. The molecule has 1 aromatic heterocycles. The van der Waals surface area contributed by atoms with Crippen molar-refractivity contribution in [3.05, 3.63) is 109 Å². The van der Waals surface area contributed by atoms with Gasteiger partial charge < -0.3 is 5.73 Å². The molecule has 3 aromatic carbocycles. The zero-order valence-electron chi connectivity index (χ0n) is 19.5. The lowest BCUT2D eigenvalue weighted by Crippen LogP contribution is -2.38. The van der Waals surface area contributed by atoms with Gasteiger partial charge in [0, 0.05) is 11.6 Å². The van der Waals surface area contributed by atoms with Crippen LogP contribution in [0.5, 0.6) is 0 Å². The molecule has 2 N–H and O–H groups in total. The van der Waals surface area contributed by atoms with Crippen LogP contribution in [-0.4, -0.2) is 15.2 Å². The van der Waals surface area contributed by atoms with E-state index in [1.807, 2.05) is 54.4 Å². The Balaban J connectivity index is 1.60. The molecule has 0 fully saturated rings. The lowest BCUT2D eigenvalue weighted by Gasteiger charge is -2.36. The first-order valence-electron chi connectivity index (χ1n) is 11.4. The largest absolute Gasteiger partial charge is 0.324 e. The third-order valence-electron chi connectivity index (χ3n) is 6.08. The number of aromatic nitrogens is 2. The standard InChI is InChI=1S/C26H21Cl4N5S2/c1-15-32-33-25(36-15)35-26(16-7-3-2-4-8-16,14-13-21(31)17-9-5-11-19(27)22(17)29)37-24(34-35)18-10-6-12-20(28)23(18)30/h2-12,21H,13-14,31H2,1H3. The summed E-state index contributed by atoms with van der Waals surface area (Å²) >= 11 is 28.9. The van der Waals surface area contributed by atoms with E-state index >= 15 is 0 Å². The predicted octanol–water partition coefficient (Wildman–Crippen LogP) is 8.71. The van der Waals surface area contributed by atoms with E-state index in [2.05, 4.69) is 22.3 Å². The number of aryl methyl sites for hydroxylation is 1. The maximum atomic E-state index is 6.69. The summed E-state index contributed by atoms with van der Waals surface area (Å²) < 4.78 is 0. The molecule has 5 rings (SSSR count). The molecular formula is C26H21Cl4N5S2. The van der Waals surface area contributed by atoms with Gasteiger partial charge in [-0.15, -0.1) is 10.2 Å². The van der Waals surface area contributed by atoms with E-state index < -0.39 is 4.87 Å². The van der Waals surface area contributed by atoms with Crippen molar-refractivity contribution < 1.29 is 0 Å². The molecule has 2 heterocycles.